The van der Waals surface area contributed by atoms with Gasteiger partial charge < -0.3 is 10.5 Å². The quantitative estimate of drug-likeness (QED) is 0.508. The lowest BCUT2D eigenvalue weighted by molar-refractivity contribution is 0.358. The number of fused-ring (bicyclic) bond motifs is 1. The van der Waals surface area contributed by atoms with E-state index in [9.17, 15) is 5.26 Å². The summed E-state index contributed by atoms with van der Waals surface area (Å²) in [6.07, 6.45) is 8.94. The van der Waals surface area contributed by atoms with E-state index in [0.717, 1.165) is 46.7 Å². The van der Waals surface area contributed by atoms with Crippen LogP contribution in [0.3, 0.4) is 0 Å². The van der Waals surface area contributed by atoms with E-state index < -0.39 is 0 Å². The van der Waals surface area contributed by atoms with Gasteiger partial charge in [-0.25, -0.2) is 9.67 Å². The molecule has 3 aromatic heterocycles. The van der Waals surface area contributed by atoms with E-state index in [4.69, 9.17) is 10.5 Å². The highest BCUT2D eigenvalue weighted by molar-refractivity contribution is 5.59. The molecule has 0 amide bonds. The van der Waals surface area contributed by atoms with Crippen LogP contribution in [0.25, 0.3) is 17.1 Å². The Hall–Kier alpha value is -4.38. The molecule has 33 heavy (non-hydrogen) atoms. The zero-order chi connectivity index (χ0) is 22.9. The topological polar surface area (TPSA) is 108 Å². The Bertz CT molecular complexity index is 1370. The predicted molar refractivity (Wildman–Crippen MR) is 123 cm³/mol. The number of allylic oxidation sites excluding steroid dienone is 1. The second-order valence-corrected chi connectivity index (χ2v) is 7.91. The molecule has 0 saturated carbocycles. The van der Waals surface area contributed by atoms with Gasteiger partial charge in [0, 0.05) is 43.1 Å². The molecule has 0 fully saturated rings. The molecular formula is C25H23N7O. The van der Waals surface area contributed by atoms with Gasteiger partial charge in [-0.1, -0.05) is 25.5 Å². The van der Waals surface area contributed by atoms with Crippen molar-refractivity contribution in [3.8, 4) is 29.0 Å². The summed E-state index contributed by atoms with van der Waals surface area (Å²) in [5.74, 6) is 1.22. The fourth-order valence-electron chi connectivity index (χ4n) is 4.36. The summed E-state index contributed by atoms with van der Waals surface area (Å²) < 4.78 is 9.54. The highest BCUT2D eigenvalue weighted by atomic mass is 16.5. The number of hydrogen-bond acceptors (Lipinski definition) is 6. The summed E-state index contributed by atoms with van der Waals surface area (Å²) in [4.78, 5) is 8.60. The number of benzene rings is 1. The lowest BCUT2D eigenvalue weighted by Crippen LogP contribution is -2.22. The average molecular weight is 438 g/mol. The molecule has 4 aromatic rings. The Balaban J connectivity index is 1.58. The van der Waals surface area contributed by atoms with Crippen molar-refractivity contribution >= 4 is 0 Å². The first-order chi connectivity index (χ1) is 16.1. The van der Waals surface area contributed by atoms with Crippen LogP contribution in [0.1, 0.15) is 36.1 Å². The number of hydrogen-bond donors (Lipinski definition) is 1. The third-order valence-electron chi connectivity index (χ3n) is 5.85. The van der Waals surface area contributed by atoms with Crippen molar-refractivity contribution in [3.05, 3.63) is 89.5 Å². The van der Waals surface area contributed by atoms with Crippen molar-refractivity contribution in [2.45, 2.75) is 25.7 Å². The van der Waals surface area contributed by atoms with E-state index in [0.29, 0.717) is 11.5 Å². The van der Waals surface area contributed by atoms with Crippen LogP contribution in [0.15, 0.2) is 72.6 Å². The van der Waals surface area contributed by atoms with Crippen molar-refractivity contribution in [2.75, 3.05) is 0 Å². The second kappa shape index (κ2) is 8.28. The summed E-state index contributed by atoms with van der Waals surface area (Å²) in [6, 6.07) is 14.2. The Morgan fingerprint density at radius 1 is 1.12 bits per heavy atom. The summed E-state index contributed by atoms with van der Waals surface area (Å²) in [6.45, 7) is 2.11. The maximum absolute atomic E-state index is 9.90. The normalized spacial score (nSPS) is 15.1. The average Bonchev–Trinajstić information content (AvgIpc) is 3.44. The van der Waals surface area contributed by atoms with Crippen LogP contribution < -0.4 is 10.5 Å². The minimum absolute atomic E-state index is 0.125. The van der Waals surface area contributed by atoms with E-state index in [1.54, 1.807) is 23.3 Å². The minimum Gasteiger partial charge on any atom is -0.422 e. The second-order valence-electron chi connectivity index (χ2n) is 7.91. The van der Waals surface area contributed by atoms with Crippen LogP contribution in [-0.2, 0) is 13.5 Å². The Kier molecular flexibility index (Phi) is 5.15. The van der Waals surface area contributed by atoms with E-state index in [1.165, 1.54) is 0 Å². The molecule has 0 aliphatic carbocycles. The Morgan fingerprint density at radius 2 is 1.88 bits per heavy atom. The van der Waals surface area contributed by atoms with Crippen LogP contribution in [-0.4, -0.2) is 24.3 Å². The van der Waals surface area contributed by atoms with Crippen molar-refractivity contribution in [2.24, 2.45) is 12.8 Å². The third-order valence-corrected chi connectivity index (χ3v) is 5.85. The number of ether oxygens (including phenoxy) is 1. The number of pyridine rings is 1. The van der Waals surface area contributed by atoms with Crippen molar-refractivity contribution in [1.82, 2.24) is 24.3 Å². The SMILES string of the molecule is CCCc1nn(C)c2c1C(c1ccc(-n3ccnc3-c3ccncc3)cc1)C(C#N)=C(N)O2. The molecule has 0 bridgehead atoms. The zero-order valence-electron chi connectivity index (χ0n) is 18.4. The van der Waals surface area contributed by atoms with Gasteiger partial charge in [0.25, 0.3) is 0 Å². The molecule has 1 aliphatic rings. The molecule has 0 saturated heterocycles. The molecule has 0 radical (unpaired) electrons. The molecule has 164 valence electrons. The summed E-state index contributed by atoms with van der Waals surface area (Å²) in [5.41, 5.74) is 11.3. The number of imidazole rings is 1. The number of aryl methyl sites for hydroxylation is 2. The van der Waals surface area contributed by atoms with E-state index in [2.05, 4.69) is 28.1 Å². The van der Waals surface area contributed by atoms with Gasteiger partial charge in [0.2, 0.25) is 11.8 Å². The lowest BCUT2D eigenvalue weighted by Gasteiger charge is -2.25. The van der Waals surface area contributed by atoms with E-state index in [1.807, 2.05) is 54.2 Å². The van der Waals surface area contributed by atoms with Crippen LogP contribution in [0.4, 0.5) is 0 Å². The predicted octanol–water partition coefficient (Wildman–Crippen LogP) is 3.84. The number of nitrogens with zero attached hydrogens (tertiary/aromatic N) is 6. The molecule has 1 aromatic carbocycles. The molecule has 8 nitrogen and oxygen atoms in total. The first-order valence-corrected chi connectivity index (χ1v) is 10.8. The van der Waals surface area contributed by atoms with Gasteiger partial charge in [-0.15, -0.1) is 0 Å². The zero-order valence-corrected chi connectivity index (χ0v) is 18.4. The first-order valence-electron chi connectivity index (χ1n) is 10.8. The summed E-state index contributed by atoms with van der Waals surface area (Å²) >= 11 is 0. The number of nitrogens with two attached hydrogens (primary N) is 1. The number of aromatic nitrogens is 5. The van der Waals surface area contributed by atoms with Gasteiger partial charge in [0.1, 0.15) is 17.5 Å². The third kappa shape index (κ3) is 3.44. The maximum atomic E-state index is 9.90. The molecule has 0 spiro atoms. The molecule has 1 aliphatic heterocycles. The molecule has 1 atom stereocenters. The highest BCUT2D eigenvalue weighted by Gasteiger charge is 2.35. The summed E-state index contributed by atoms with van der Waals surface area (Å²) in [7, 11) is 1.84. The number of rotatable bonds is 5. The Labute approximate surface area is 191 Å². The molecule has 5 rings (SSSR count). The van der Waals surface area contributed by atoms with Crippen molar-refractivity contribution in [3.63, 3.8) is 0 Å². The lowest BCUT2D eigenvalue weighted by atomic mass is 9.83. The van der Waals surface area contributed by atoms with Crippen LogP contribution in [0.5, 0.6) is 5.88 Å². The smallest absolute Gasteiger partial charge is 0.224 e. The molecule has 2 N–H and O–H groups in total. The minimum atomic E-state index is -0.328. The maximum Gasteiger partial charge on any atom is 0.224 e. The summed E-state index contributed by atoms with van der Waals surface area (Å²) in [5, 5.41) is 14.5. The van der Waals surface area contributed by atoms with Crippen molar-refractivity contribution in [1.29, 1.82) is 5.26 Å². The van der Waals surface area contributed by atoms with Crippen LogP contribution in [0, 0.1) is 11.3 Å². The Morgan fingerprint density at radius 3 is 2.58 bits per heavy atom. The van der Waals surface area contributed by atoms with E-state index in [-0.39, 0.29) is 11.8 Å². The van der Waals surface area contributed by atoms with Gasteiger partial charge in [0.05, 0.1) is 17.2 Å². The van der Waals surface area contributed by atoms with Crippen LogP contribution >= 0.6 is 0 Å². The van der Waals surface area contributed by atoms with Crippen molar-refractivity contribution < 1.29 is 4.74 Å². The molecule has 1 unspecified atom stereocenters. The molecular weight excluding hydrogens is 414 g/mol. The van der Waals surface area contributed by atoms with E-state index >= 15 is 0 Å². The van der Waals surface area contributed by atoms with Gasteiger partial charge in [-0.3, -0.25) is 9.55 Å². The number of nitriles is 1. The first kappa shape index (κ1) is 20.5. The van der Waals surface area contributed by atoms with Gasteiger partial charge in [-0.2, -0.15) is 10.4 Å². The van der Waals surface area contributed by atoms with Gasteiger partial charge in [-0.05, 0) is 36.2 Å². The van der Waals surface area contributed by atoms with Crippen LogP contribution in [0.2, 0.25) is 0 Å². The monoisotopic (exact) mass is 437 g/mol. The fourth-order valence-corrected chi connectivity index (χ4v) is 4.36. The van der Waals surface area contributed by atoms with Gasteiger partial charge >= 0.3 is 0 Å². The van der Waals surface area contributed by atoms with Gasteiger partial charge in [0.15, 0.2) is 0 Å². The highest BCUT2D eigenvalue weighted by Crippen LogP contribution is 2.44. The molecule has 4 heterocycles. The fraction of sp³-hybridized carbons (Fsp3) is 0.200. The standard InChI is InChI=1S/C25H23N7O/c1-3-4-20-22-21(19(15-26)23(27)33-25(22)31(2)30-20)16-5-7-18(8-6-16)32-14-13-29-24(32)17-9-11-28-12-10-17/h5-14,21H,3-4,27H2,1-2H3. The largest absolute Gasteiger partial charge is 0.422 e. The molecule has 8 heteroatoms.